The van der Waals surface area contributed by atoms with Gasteiger partial charge in [0.2, 0.25) is 5.43 Å². The number of hydrogen-bond acceptors (Lipinski definition) is 6. The van der Waals surface area contributed by atoms with E-state index in [1.807, 2.05) is 0 Å². The summed E-state index contributed by atoms with van der Waals surface area (Å²) in [5.41, 5.74) is 0.0571. The van der Waals surface area contributed by atoms with Gasteiger partial charge in [-0.3, -0.25) is 14.5 Å². The molecule has 1 aromatic heterocycles. The highest BCUT2D eigenvalue weighted by Crippen LogP contribution is 2.17. The van der Waals surface area contributed by atoms with E-state index in [-0.39, 0.29) is 32.7 Å². The Kier molecular flexibility index (Phi) is 7.03. The number of aromatic hydroxyl groups is 1. The van der Waals surface area contributed by atoms with Crippen LogP contribution in [0.5, 0.6) is 5.75 Å². The highest BCUT2D eigenvalue weighted by molar-refractivity contribution is 5.66. The van der Waals surface area contributed by atoms with E-state index in [2.05, 4.69) is 0 Å². The van der Waals surface area contributed by atoms with Crippen LogP contribution < -0.4 is 5.43 Å². The van der Waals surface area contributed by atoms with E-state index in [0.717, 1.165) is 6.07 Å². The summed E-state index contributed by atoms with van der Waals surface area (Å²) in [4.78, 5) is 24.0. The molecule has 0 aromatic carbocycles. The molecule has 0 radical (unpaired) electrons. The normalized spacial score (nSPS) is 11.1. The second kappa shape index (κ2) is 8.52. The lowest BCUT2D eigenvalue weighted by Gasteiger charge is -2.22. The molecule has 0 aliphatic rings. The molecule has 0 unspecified atom stereocenters. The van der Waals surface area contributed by atoms with Crippen LogP contribution in [0.25, 0.3) is 0 Å². The van der Waals surface area contributed by atoms with Gasteiger partial charge in [0.15, 0.2) is 5.75 Å². The summed E-state index contributed by atoms with van der Waals surface area (Å²) < 4.78 is 1.59. The van der Waals surface area contributed by atoms with Gasteiger partial charge in [-0.1, -0.05) is 0 Å². The van der Waals surface area contributed by atoms with Crippen molar-refractivity contribution in [3.63, 3.8) is 0 Å². The zero-order chi connectivity index (χ0) is 16.7. The van der Waals surface area contributed by atoms with Gasteiger partial charge >= 0.3 is 5.97 Å². The maximum atomic E-state index is 11.8. The smallest absolute Gasteiger partial charge is 0.304 e. The molecule has 1 heterocycles. The summed E-state index contributed by atoms with van der Waals surface area (Å²) >= 11 is 0. The maximum absolute atomic E-state index is 11.8. The van der Waals surface area contributed by atoms with Gasteiger partial charge in [-0.15, -0.1) is 0 Å². The molecule has 0 fully saturated rings. The fraction of sp³-hybridized carbons (Fsp3) is 0.571. The Morgan fingerprint density at radius 2 is 2.05 bits per heavy atom. The molecular weight excluding hydrogens is 292 g/mol. The highest BCUT2D eigenvalue weighted by atomic mass is 16.4. The molecule has 0 amide bonds. The van der Waals surface area contributed by atoms with E-state index in [0.29, 0.717) is 24.4 Å². The third kappa shape index (κ3) is 4.83. The van der Waals surface area contributed by atoms with Gasteiger partial charge in [0, 0.05) is 38.0 Å². The molecule has 0 aliphatic heterocycles. The number of aromatic nitrogens is 1. The molecule has 0 saturated heterocycles. The number of carboxylic acid groups (broad SMARTS) is 1. The predicted molar refractivity (Wildman–Crippen MR) is 78.6 cm³/mol. The van der Waals surface area contributed by atoms with Crippen LogP contribution in [0.2, 0.25) is 0 Å². The monoisotopic (exact) mass is 314 g/mol. The van der Waals surface area contributed by atoms with Crippen molar-refractivity contribution >= 4 is 5.97 Å². The maximum Gasteiger partial charge on any atom is 0.304 e. The van der Waals surface area contributed by atoms with Crippen molar-refractivity contribution in [2.24, 2.45) is 0 Å². The molecule has 0 aliphatic carbocycles. The minimum Gasteiger partial charge on any atom is -0.503 e. The van der Waals surface area contributed by atoms with Crippen LogP contribution in [0.3, 0.4) is 0 Å². The largest absolute Gasteiger partial charge is 0.503 e. The molecule has 0 atom stereocenters. The molecular formula is C14H22N2O6. The summed E-state index contributed by atoms with van der Waals surface area (Å²) in [6.07, 6.45) is 0.346. The molecule has 0 saturated carbocycles. The van der Waals surface area contributed by atoms with Gasteiger partial charge in [0.25, 0.3) is 0 Å². The molecule has 1 rings (SSSR count). The van der Waals surface area contributed by atoms with Crippen molar-refractivity contribution in [3.05, 3.63) is 27.7 Å². The Morgan fingerprint density at radius 1 is 1.36 bits per heavy atom. The van der Waals surface area contributed by atoms with Crippen LogP contribution in [-0.2, 0) is 24.5 Å². The second-order valence-corrected chi connectivity index (χ2v) is 5.06. The molecule has 0 spiro atoms. The van der Waals surface area contributed by atoms with Gasteiger partial charge in [0.1, 0.15) is 0 Å². The second-order valence-electron chi connectivity index (χ2n) is 5.06. The first-order valence-electron chi connectivity index (χ1n) is 6.97. The van der Waals surface area contributed by atoms with Crippen LogP contribution >= 0.6 is 0 Å². The van der Waals surface area contributed by atoms with E-state index in [9.17, 15) is 19.8 Å². The van der Waals surface area contributed by atoms with Crippen molar-refractivity contribution in [3.8, 4) is 5.75 Å². The topological polar surface area (TPSA) is 123 Å². The first-order chi connectivity index (χ1) is 10.4. The van der Waals surface area contributed by atoms with Crippen LogP contribution in [0, 0.1) is 0 Å². The summed E-state index contributed by atoms with van der Waals surface area (Å²) in [5, 5.41) is 37.0. The van der Waals surface area contributed by atoms with Crippen molar-refractivity contribution in [2.75, 3.05) is 20.2 Å². The SMILES string of the molecule is CN(CCC(=O)O)Cc1c(O)c(=O)cc(CO)n1CCCO. The molecule has 8 nitrogen and oxygen atoms in total. The lowest BCUT2D eigenvalue weighted by Crippen LogP contribution is -2.27. The number of nitrogens with zero attached hydrogens (tertiary/aromatic N) is 2. The Balaban J connectivity index is 3.10. The number of pyridine rings is 1. The first kappa shape index (κ1) is 18.1. The number of carboxylic acids is 1. The molecule has 124 valence electrons. The van der Waals surface area contributed by atoms with Gasteiger partial charge in [0.05, 0.1) is 18.7 Å². The minimum absolute atomic E-state index is 0.0577. The summed E-state index contributed by atoms with van der Waals surface area (Å²) in [6.45, 7) is 0.321. The van der Waals surface area contributed by atoms with Gasteiger partial charge < -0.3 is 25.0 Å². The lowest BCUT2D eigenvalue weighted by molar-refractivity contribution is -0.137. The first-order valence-corrected chi connectivity index (χ1v) is 6.97. The fourth-order valence-electron chi connectivity index (χ4n) is 2.16. The predicted octanol–water partition coefficient (Wildman–Crippen LogP) is -0.665. The summed E-state index contributed by atoms with van der Waals surface area (Å²) in [5.74, 6) is -1.35. The summed E-state index contributed by atoms with van der Waals surface area (Å²) in [7, 11) is 1.68. The molecule has 1 aromatic rings. The van der Waals surface area contributed by atoms with Crippen molar-refractivity contribution < 1.29 is 25.2 Å². The average molecular weight is 314 g/mol. The Labute approximate surface area is 127 Å². The molecule has 0 bridgehead atoms. The van der Waals surface area contributed by atoms with E-state index >= 15 is 0 Å². The van der Waals surface area contributed by atoms with E-state index in [1.165, 1.54) is 0 Å². The van der Waals surface area contributed by atoms with Gasteiger partial charge in [-0.05, 0) is 13.5 Å². The van der Waals surface area contributed by atoms with Crippen LogP contribution in [-0.4, -0.2) is 56.1 Å². The standard InChI is InChI=1S/C14H22N2O6/c1-15(5-3-13(20)21)8-11-14(22)12(19)7-10(9-18)16(11)4-2-6-17/h7,17-18,22H,2-6,8-9H2,1H3,(H,20,21). The highest BCUT2D eigenvalue weighted by Gasteiger charge is 2.16. The van der Waals surface area contributed by atoms with Crippen LogP contribution in [0.1, 0.15) is 24.2 Å². The molecule has 22 heavy (non-hydrogen) atoms. The summed E-state index contributed by atoms with van der Waals surface area (Å²) in [6, 6.07) is 1.16. The lowest BCUT2D eigenvalue weighted by atomic mass is 10.2. The van der Waals surface area contributed by atoms with Crippen LogP contribution in [0.15, 0.2) is 10.9 Å². The van der Waals surface area contributed by atoms with Crippen molar-refractivity contribution in [1.29, 1.82) is 0 Å². The quantitative estimate of drug-likeness (QED) is 0.477. The van der Waals surface area contributed by atoms with Gasteiger partial charge in [-0.25, -0.2) is 0 Å². The number of aliphatic hydroxyl groups excluding tert-OH is 2. The fourth-order valence-corrected chi connectivity index (χ4v) is 2.16. The number of rotatable bonds is 9. The number of aliphatic carboxylic acids is 1. The average Bonchev–Trinajstić information content (AvgIpc) is 2.48. The Bertz CT molecular complexity index is 569. The van der Waals surface area contributed by atoms with E-state index in [1.54, 1.807) is 16.5 Å². The number of carbonyl (C=O) groups is 1. The minimum atomic E-state index is -0.933. The third-order valence-corrected chi connectivity index (χ3v) is 3.31. The number of hydrogen-bond donors (Lipinski definition) is 4. The van der Waals surface area contributed by atoms with E-state index < -0.39 is 17.1 Å². The molecule has 8 heteroatoms. The number of aliphatic hydroxyl groups is 2. The Morgan fingerprint density at radius 3 is 2.59 bits per heavy atom. The van der Waals surface area contributed by atoms with Gasteiger partial charge in [-0.2, -0.15) is 0 Å². The van der Waals surface area contributed by atoms with E-state index in [4.69, 9.17) is 10.2 Å². The van der Waals surface area contributed by atoms with Crippen molar-refractivity contribution in [1.82, 2.24) is 9.47 Å². The van der Waals surface area contributed by atoms with Crippen LogP contribution in [0.4, 0.5) is 0 Å². The zero-order valence-corrected chi connectivity index (χ0v) is 12.5. The zero-order valence-electron chi connectivity index (χ0n) is 12.5. The Hall–Kier alpha value is -1.90. The van der Waals surface area contributed by atoms with Crippen molar-refractivity contribution in [2.45, 2.75) is 32.5 Å². The molecule has 4 N–H and O–H groups in total. The third-order valence-electron chi connectivity index (χ3n) is 3.31.